The van der Waals surface area contributed by atoms with Crippen LogP contribution in [-0.4, -0.2) is 25.3 Å². The minimum absolute atomic E-state index is 0.0280. The lowest BCUT2D eigenvalue weighted by molar-refractivity contribution is 0.101. The van der Waals surface area contributed by atoms with Gasteiger partial charge >= 0.3 is 0 Å². The van der Waals surface area contributed by atoms with Gasteiger partial charge in [-0.1, -0.05) is 18.2 Å². The Bertz CT molecular complexity index is 769. The van der Waals surface area contributed by atoms with Crippen LogP contribution in [0.5, 0.6) is 0 Å². The number of aryl methyl sites for hydroxylation is 1. The second-order valence-corrected chi connectivity index (χ2v) is 4.76. The zero-order chi connectivity index (χ0) is 14.1. The van der Waals surface area contributed by atoms with Gasteiger partial charge in [0.15, 0.2) is 5.78 Å². The number of carbonyl (C=O) groups excluding carboxylic acids is 1. The summed E-state index contributed by atoms with van der Waals surface area (Å²) in [6.07, 6.45) is 3.36. The van der Waals surface area contributed by atoms with Crippen LogP contribution in [0.15, 0.2) is 36.7 Å². The molecule has 0 unspecified atom stereocenters. The molecule has 0 bridgehead atoms. The van der Waals surface area contributed by atoms with E-state index in [2.05, 4.69) is 29.3 Å². The lowest BCUT2D eigenvalue weighted by atomic mass is 10.2. The Hall–Kier alpha value is -2.43. The molecule has 0 N–H and O–H groups in total. The summed E-state index contributed by atoms with van der Waals surface area (Å²) in [7, 11) is 0. The summed E-state index contributed by atoms with van der Waals surface area (Å²) >= 11 is 0. The van der Waals surface area contributed by atoms with E-state index in [1.54, 1.807) is 24.0 Å². The van der Waals surface area contributed by atoms with E-state index in [0.29, 0.717) is 12.1 Å². The topological polar surface area (TPSA) is 52.7 Å². The number of para-hydroxylation sites is 1. The van der Waals surface area contributed by atoms with Crippen molar-refractivity contribution in [2.75, 3.05) is 0 Å². The summed E-state index contributed by atoms with van der Waals surface area (Å²) in [6.45, 7) is 5.02. The SMILES string of the molecule is CCn1nc(Cn2cc(C(C)=O)cn2)c2ccccc21. The van der Waals surface area contributed by atoms with E-state index in [4.69, 9.17) is 0 Å². The summed E-state index contributed by atoms with van der Waals surface area (Å²) in [4.78, 5) is 11.3. The van der Waals surface area contributed by atoms with Crippen molar-refractivity contribution < 1.29 is 4.79 Å². The van der Waals surface area contributed by atoms with Gasteiger partial charge in [0.05, 0.1) is 29.5 Å². The molecule has 0 fully saturated rings. The van der Waals surface area contributed by atoms with Crippen molar-refractivity contribution in [2.45, 2.75) is 26.9 Å². The van der Waals surface area contributed by atoms with Crippen LogP contribution in [0.25, 0.3) is 10.9 Å². The van der Waals surface area contributed by atoms with E-state index in [0.717, 1.165) is 23.1 Å². The molecule has 0 saturated carbocycles. The molecular weight excluding hydrogens is 252 g/mol. The van der Waals surface area contributed by atoms with Crippen molar-refractivity contribution in [1.29, 1.82) is 0 Å². The van der Waals surface area contributed by atoms with Crippen molar-refractivity contribution >= 4 is 16.7 Å². The highest BCUT2D eigenvalue weighted by Gasteiger charge is 2.11. The summed E-state index contributed by atoms with van der Waals surface area (Å²) in [6, 6.07) is 8.16. The molecule has 102 valence electrons. The molecule has 1 aromatic carbocycles. The summed E-state index contributed by atoms with van der Waals surface area (Å²) in [5.74, 6) is 0.0280. The number of aromatic nitrogens is 4. The van der Waals surface area contributed by atoms with E-state index >= 15 is 0 Å². The van der Waals surface area contributed by atoms with Crippen LogP contribution in [0.4, 0.5) is 0 Å². The molecule has 3 aromatic rings. The molecule has 0 spiro atoms. The maximum absolute atomic E-state index is 11.3. The molecule has 0 aliphatic rings. The highest BCUT2D eigenvalue weighted by atomic mass is 16.1. The Morgan fingerprint density at radius 2 is 2.10 bits per heavy atom. The lowest BCUT2D eigenvalue weighted by Crippen LogP contribution is -2.03. The largest absolute Gasteiger partial charge is 0.294 e. The van der Waals surface area contributed by atoms with Crippen LogP contribution in [0.2, 0.25) is 0 Å². The minimum Gasteiger partial charge on any atom is -0.294 e. The number of carbonyl (C=O) groups is 1. The first-order valence-electron chi connectivity index (χ1n) is 6.67. The van der Waals surface area contributed by atoms with Gasteiger partial charge < -0.3 is 0 Å². The molecule has 5 nitrogen and oxygen atoms in total. The Kier molecular flexibility index (Phi) is 3.10. The van der Waals surface area contributed by atoms with Crippen molar-refractivity contribution in [3.05, 3.63) is 47.9 Å². The number of Topliss-reactive ketones (excluding diaryl/α,β-unsaturated/α-hetero) is 1. The van der Waals surface area contributed by atoms with Gasteiger partial charge in [-0.3, -0.25) is 14.2 Å². The zero-order valence-electron chi connectivity index (χ0n) is 11.6. The third kappa shape index (κ3) is 2.11. The first-order valence-corrected chi connectivity index (χ1v) is 6.67. The van der Waals surface area contributed by atoms with Gasteiger partial charge in [-0.15, -0.1) is 0 Å². The van der Waals surface area contributed by atoms with E-state index in [-0.39, 0.29) is 5.78 Å². The highest BCUT2D eigenvalue weighted by molar-refractivity contribution is 5.93. The smallest absolute Gasteiger partial charge is 0.162 e. The molecule has 0 aliphatic heterocycles. The van der Waals surface area contributed by atoms with Gasteiger partial charge in [0.2, 0.25) is 0 Å². The van der Waals surface area contributed by atoms with Gasteiger partial charge in [0, 0.05) is 18.1 Å². The average Bonchev–Trinajstić information content (AvgIpc) is 3.05. The Balaban J connectivity index is 1.99. The van der Waals surface area contributed by atoms with E-state index < -0.39 is 0 Å². The van der Waals surface area contributed by atoms with E-state index in [9.17, 15) is 4.79 Å². The Morgan fingerprint density at radius 1 is 1.30 bits per heavy atom. The van der Waals surface area contributed by atoms with Crippen LogP contribution in [-0.2, 0) is 13.1 Å². The van der Waals surface area contributed by atoms with Crippen LogP contribution in [0.3, 0.4) is 0 Å². The highest BCUT2D eigenvalue weighted by Crippen LogP contribution is 2.19. The number of nitrogens with zero attached hydrogens (tertiary/aromatic N) is 4. The van der Waals surface area contributed by atoms with E-state index in [1.165, 1.54) is 0 Å². The molecule has 0 aliphatic carbocycles. The number of hydrogen-bond donors (Lipinski definition) is 0. The fourth-order valence-corrected chi connectivity index (χ4v) is 2.34. The molecule has 0 amide bonds. The predicted octanol–water partition coefficient (Wildman–Crippen LogP) is 2.50. The second kappa shape index (κ2) is 4.92. The van der Waals surface area contributed by atoms with Gasteiger partial charge in [-0.2, -0.15) is 10.2 Å². The summed E-state index contributed by atoms with van der Waals surface area (Å²) in [5.41, 5.74) is 2.73. The zero-order valence-corrected chi connectivity index (χ0v) is 11.6. The van der Waals surface area contributed by atoms with Crippen molar-refractivity contribution in [1.82, 2.24) is 19.6 Å². The third-order valence-electron chi connectivity index (χ3n) is 3.39. The number of fused-ring (bicyclic) bond motifs is 1. The molecule has 0 radical (unpaired) electrons. The predicted molar refractivity (Wildman–Crippen MR) is 76.7 cm³/mol. The van der Waals surface area contributed by atoms with Crippen LogP contribution >= 0.6 is 0 Å². The van der Waals surface area contributed by atoms with Gasteiger partial charge in [0.25, 0.3) is 0 Å². The standard InChI is InChI=1S/C15H16N4O/c1-3-19-15-7-5-4-6-13(15)14(17-19)10-18-9-12(8-16-18)11(2)20/h4-9H,3,10H2,1-2H3. The molecule has 5 heteroatoms. The fourth-order valence-electron chi connectivity index (χ4n) is 2.34. The minimum atomic E-state index is 0.0280. The van der Waals surface area contributed by atoms with Crippen LogP contribution < -0.4 is 0 Å². The summed E-state index contributed by atoms with van der Waals surface area (Å²) < 4.78 is 3.74. The van der Waals surface area contributed by atoms with Crippen LogP contribution in [0, 0.1) is 0 Å². The van der Waals surface area contributed by atoms with Crippen molar-refractivity contribution in [2.24, 2.45) is 0 Å². The monoisotopic (exact) mass is 268 g/mol. The number of hydrogen-bond acceptors (Lipinski definition) is 3. The normalized spacial score (nSPS) is 11.1. The van der Waals surface area contributed by atoms with Crippen molar-refractivity contribution in [3.8, 4) is 0 Å². The number of ketones is 1. The molecule has 3 rings (SSSR count). The Morgan fingerprint density at radius 3 is 2.80 bits per heavy atom. The van der Waals surface area contributed by atoms with E-state index in [1.807, 2.05) is 16.8 Å². The first-order chi connectivity index (χ1) is 9.69. The fraction of sp³-hybridized carbons (Fsp3) is 0.267. The van der Waals surface area contributed by atoms with Crippen LogP contribution in [0.1, 0.15) is 29.9 Å². The lowest BCUT2D eigenvalue weighted by Gasteiger charge is -1.98. The second-order valence-electron chi connectivity index (χ2n) is 4.76. The number of benzene rings is 1. The third-order valence-corrected chi connectivity index (χ3v) is 3.39. The molecule has 0 saturated heterocycles. The molecule has 2 heterocycles. The molecule has 0 atom stereocenters. The van der Waals surface area contributed by atoms with Gasteiger partial charge in [-0.25, -0.2) is 0 Å². The maximum atomic E-state index is 11.3. The van der Waals surface area contributed by atoms with Gasteiger partial charge in [-0.05, 0) is 19.9 Å². The maximum Gasteiger partial charge on any atom is 0.162 e. The average molecular weight is 268 g/mol. The molecule has 2 aromatic heterocycles. The Labute approximate surface area is 116 Å². The first kappa shape index (κ1) is 12.6. The number of rotatable bonds is 4. The van der Waals surface area contributed by atoms with Gasteiger partial charge in [0.1, 0.15) is 0 Å². The quantitative estimate of drug-likeness (QED) is 0.683. The molecule has 20 heavy (non-hydrogen) atoms. The van der Waals surface area contributed by atoms with Crippen molar-refractivity contribution in [3.63, 3.8) is 0 Å². The summed E-state index contributed by atoms with van der Waals surface area (Å²) in [5, 5.41) is 9.98. The molecular formula is C15H16N4O.